The maximum absolute atomic E-state index is 11.6. The van der Waals surface area contributed by atoms with Crippen molar-refractivity contribution in [1.29, 1.82) is 0 Å². The number of carbonyl (C=O) groups excluding carboxylic acids is 1. The number of aromatic carboxylic acids is 1. The van der Waals surface area contributed by atoms with Gasteiger partial charge in [0.05, 0.1) is 6.54 Å². The van der Waals surface area contributed by atoms with E-state index < -0.39 is 21.9 Å². The molecule has 3 N–H and O–H groups in total. The van der Waals surface area contributed by atoms with Crippen molar-refractivity contribution in [3.05, 3.63) is 17.0 Å². The molecule has 0 atom stereocenters. The van der Waals surface area contributed by atoms with E-state index in [4.69, 9.17) is 5.11 Å². The van der Waals surface area contributed by atoms with Crippen molar-refractivity contribution < 1.29 is 23.1 Å². The molecule has 0 aromatic carbocycles. The third-order valence-corrected chi connectivity index (χ3v) is 4.72. The standard InChI is InChI=1S/C8H10N2O5S2/c1-9-6(11)4-10-17(14,15)7-3-2-5(16-7)8(12)13/h2-3,10H,4H2,1H3,(H,9,11)(H,12,13). The summed E-state index contributed by atoms with van der Waals surface area (Å²) in [6.45, 7) is -0.390. The Bertz CT molecular complexity index is 534. The minimum absolute atomic E-state index is 0.0784. The molecule has 94 valence electrons. The molecule has 1 rings (SSSR count). The van der Waals surface area contributed by atoms with E-state index in [0.717, 1.165) is 0 Å². The van der Waals surface area contributed by atoms with E-state index in [9.17, 15) is 18.0 Å². The zero-order valence-electron chi connectivity index (χ0n) is 8.76. The Kier molecular flexibility index (Phi) is 4.21. The van der Waals surface area contributed by atoms with Crippen molar-refractivity contribution in [3.8, 4) is 0 Å². The van der Waals surface area contributed by atoms with Crippen molar-refractivity contribution in [2.45, 2.75) is 4.21 Å². The number of hydrogen-bond acceptors (Lipinski definition) is 5. The molecular formula is C8H10N2O5S2. The van der Waals surface area contributed by atoms with Crippen LogP contribution < -0.4 is 10.0 Å². The number of thiophene rings is 1. The third-order valence-electron chi connectivity index (χ3n) is 1.76. The number of likely N-dealkylation sites (N-methyl/N-ethyl adjacent to an activating group) is 1. The van der Waals surface area contributed by atoms with Crippen molar-refractivity contribution in [2.24, 2.45) is 0 Å². The fourth-order valence-corrected chi connectivity index (χ4v) is 3.07. The van der Waals surface area contributed by atoms with Crippen LogP contribution in [0.2, 0.25) is 0 Å². The molecule has 1 amide bonds. The minimum Gasteiger partial charge on any atom is -0.477 e. The number of rotatable bonds is 5. The van der Waals surface area contributed by atoms with Gasteiger partial charge in [0.2, 0.25) is 5.91 Å². The van der Waals surface area contributed by atoms with Gasteiger partial charge in [-0.1, -0.05) is 0 Å². The zero-order chi connectivity index (χ0) is 13.1. The van der Waals surface area contributed by atoms with Crippen LogP contribution >= 0.6 is 11.3 Å². The van der Waals surface area contributed by atoms with Crippen molar-refractivity contribution in [2.75, 3.05) is 13.6 Å². The Morgan fingerprint density at radius 3 is 2.53 bits per heavy atom. The molecule has 1 aromatic heterocycles. The Balaban J connectivity index is 2.82. The van der Waals surface area contributed by atoms with Crippen LogP contribution in [-0.2, 0) is 14.8 Å². The summed E-state index contributed by atoms with van der Waals surface area (Å²) < 4.78 is 25.1. The van der Waals surface area contributed by atoms with Gasteiger partial charge in [0.1, 0.15) is 9.09 Å². The first-order valence-corrected chi connectivity index (χ1v) is 6.70. The molecule has 0 aliphatic carbocycles. The highest BCUT2D eigenvalue weighted by Crippen LogP contribution is 2.21. The molecule has 0 unspecified atom stereocenters. The van der Waals surface area contributed by atoms with Gasteiger partial charge in [0, 0.05) is 7.05 Å². The Hall–Kier alpha value is -1.45. The largest absolute Gasteiger partial charge is 0.477 e. The molecule has 0 saturated heterocycles. The molecule has 0 aliphatic heterocycles. The summed E-state index contributed by atoms with van der Waals surface area (Å²) in [7, 11) is -2.45. The van der Waals surface area contributed by atoms with Gasteiger partial charge in [-0.05, 0) is 12.1 Å². The maximum Gasteiger partial charge on any atom is 0.345 e. The van der Waals surface area contributed by atoms with E-state index in [1.807, 2.05) is 0 Å². The van der Waals surface area contributed by atoms with Crippen molar-refractivity contribution in [1.82, 2.24) is 10.0 Å². The first-order chi connectivity index (χ1) is 7.86. The van der Waals surface area contributed by atoms with Crippen LogP contribution in [-0.4, -0.2) is 39.0 Å². The number of nitrogens with one attached hydrogen (secondary N) is 2. The minimum atomic E-state index is -3.83. The first kappa shape index (κ1) is 13.6. The zero-order valence-corrected chi connectivity index (χ0v) is 10.4. The van der Waals surface area contributed by atoms with Gasteiger partial charge in [-0.25, -0.2) is 17.9 Å². The Morgan fingerprint density at radius 2 is 2.06 bits per heavy atom. The van der Waals surface area contributed by atoms with E-state index in [2.05, 4.69) is 10.0 Å². The van der Waals surface area contributed by atoms with Crippen molar-refractivity contribution >= 4 is 33.2 Å². The monoisotopic (exact) mass is 278 g/mol. The molecule has 17 heavy (non-hydrogen) atoms. The predicted octanol–water partition coefficient (Wildman–Crippen LogP) is -0.529. The van der Waals surface area contributed by atoms with E-state index in [1.165, 1.54) is 19.2 Å². The Morgan fingerprint density at radius 1 is 1.41 bits per heavy atom. The van der Waals surface area contributed by atoms with Gasteiger partial charge in [-0.15, -0.1) is 11.3 Å². The van der Waals surface area contributed by atoms with E-state index >= 15 is 0 Å². The Labute approximate surface area is 102 Å². The number of sulfonamides is 1. The lowest BCUT2D eigenvalue weighted by molar-refractivity contribution is -0.119. The van der Waals surface area contributed by atoms with Crippen LogP contribution in [0.5, 0.6) is 0 Å². The summed E-state index contributed by atoms with van der Waals surface area (Å²) in [6.07, 6.45) is 0. The summed E-state index contributed by atoms with van der Waals surface area (Å²) in [5.41, 5.74) is 0. The molecule has 0 spiro atoms. The lowest BCUT2D eigenvalue weighted by Gasteiger charge is -2.02. The molecule has 0 radical (unpaired) electrons. The second-order valence-electron chi connectivity index (χ2n) is 2.92. The highest BCUT2D eigenvalue weighted by Gasteiger charge is 2.19. The van der Waals surface area contributed by atoms with Crippen LogP contribution in [0.25, 0.3) is 0 Å². The average Bonchev–Trinajstić information content (AvgIpc) is 2.76. The highest BCUT2D eigenvalue weighted by atomic mass is 32.2. The molecule has 9 heteroatoms. The summed E-state index contributed by atoms with van der Waals surface area (Å²) in [6, 6.07) is 2.38. The number of carbonyl (C=O) groups is 2. The molecule has 0 bridgehead atoms. The van der Waals surface area contributed by atoms with Crippen molar-refractivity contribution in [3.63, 3.8) is 0 Å². The van der Waals surface area contributed by atoms with E-state index in [1.54, 1.807) is 0 Å². The summed E-state index contributed by atoms with van der Waals surface area (Å²) >= 11 is 0.625. The second kappa shape index (κ2) is 5.25. The molecule has 1 aromatic rings. The van der Waals surface area contributed by atoms with Crippen LogP contribution in [0.1, 0.15) is 9.67 Å². The van der Waals surface area contributed by atoms with E-state index in [-0.39, 0.29) is 15.6 Å². The van der Waals surface area contributed by atoms with Gasteiger partial charge in [0.15, 0.2) is 0 Å². The van der Waals surface area contributed by atoms with Gasteiger partial charge in [-0.2, -0.15) is 0 Å². The smallest absolute Gasteiger partial charge is 0.345 e. The third kappa shape index (κ3) is 3.51. The lowest BCUT2D eigenvalue weighted by Crippen LogP contribution is -2.34. The van der Waals surface area contributed by atoms with Crippen LogP contribution in [0, 0.1) is 0 Å². The number of carboxylic acid groups (broad SMARTS) is 1. The fraction of sp³-hybridized carbons (Fsp3) is 0.250. The van der Waals surface area contributed by atoms with Gasteiger partial charge >= 0.3 is 5.97 Å². The van der Waals surface area contributed by atoms with Gasteiger partial charge in [-0.3, -0.25) is 4.79 Å². The summed E-state index contributed by atoms with van der Waals surface area (Å²) in [4.78, 5) is 21.4. The average molecular weight is 278 g/mol. The summed E-state index contributed by atoms with van der Waals surface area (Å²) in [5, 5.41) is 10.9. The molecule has 0 fully saturated rings. The van der Waals surface area contributed by atoms with Gasteiger partial charge < -0.3 is 10.4 Å². The molecule has 0 aliphatic rings. The molecular weight excluding hydrogens is 268 g/mol. The van der Waals surface area contributed by atoms with Crippen LogP contribution in [0.15, 0.2) is 16.3 Å². The normalized spacial score (nSPS) is 11.1. The van der Waals surface area contributed by atoms with Gasteiger partial charge in [0.25, 0.3) is 10.0 Å². The number of carboxylic acids is 1. The maximum atomic E-state index is 11.6. The lowest BCUT2D eigenvalue weighted by atomic mass is 10.5. The SMILES string of the molecule is CNC(=O)CNS(=O)(=O)c1ccc(C(=O)O)s1. The predicted molar refractivity (Wildman–Crippen MR) is 60.5 cm³/mol. The quantitative estimate of drug-likeness (QED) is 0.670. The summed E-state index contributed by atoms with van der Waals surface area (Å²) in [5.74, 6) is -1.67. The topological polar surface area (TPSA) is 113 Å². The fourth-order valence-electron chi connectivity index (χ4n) is 0.900. The second-order valence-corrected chi connectivity index (χ2v) is 6.00. The number of amides is 1. The van der Waals surface area contributed by atoms with Crippen LogP contribution in [0.4, 0.5) is 0 Å². The molecule has 7 nitrogen and oxygen atoms in total. The molecule has 1 heterocycles. The van der Waals surface area contributed by atoms with E-state index in [0.29, 0.717) is 11.3 Å². The van der Waals surface area contributed by atoms with Crippen LogP contribution in [0.3, 0.4) is 0 Å². The molecule has 0 saturated carbocycles. The first-order valence-electron chi connectivity index (χ1n) is 4.40. The number of hydrogen-bond donors (Lipinski definition) is 3. The highest BCUT2D eigenvalue weighted by molar-refractivity contribution is 7.91.